The van der Waals surface area contributed by atoms with Crippen LogP contribution in [0.4, 0.5) is 0 Å². The minimum atomic E-state index is -4.00. The van der Waals surface area contributed by atoms with E-state index in [0.717, 1.165) is 0 Å². The fraction of sp³-hybridized carbons (Fsp3) is 1.00. The van der Waals surface area contributed by atoms with Gasteiger partial charge in [0.25, 0.3) is 0 Å². The van der Waals surface area contributed by atoms with Gasteiger partial charge in [0, 0.05) is 0 Å². The predicted molar refractivity (Wildman–Crippen MR) is 114 cm³/mol. The number of rotatable bonds is 9. The van der Waals surface area contributed by atoms with Crippen LogP contribution in [0.2, 0.25) is 0 Å². The molecule has 0 heterocycles. The highest BCUT2D eigenvalue weighted by molar-refractivity contribution is 9.26. The molecule has 0 amide bonds. The number of hydrogen-bond donors (Lipinski definition) is 0. The zero-order valence-corrected chi connectivity index (χ0v) is 24.3. The lowest BCUT2D eigenvalue weighted by molar-refractivity contribution is 0.0919. The van der Waals surface area contributed by atoms with Crippen LogP contribution in [0.3, 0.4) is 0 Å². The zero-order chi connectivity index (χ0) is 16.2. The van der Waals surface area contributed by atoms with Gasteiger partial charge in [-0.15, -0.1) is 0 Å². The molecule has 4 nitrogen and oxygen atoms in total. The first-order valence-corrected chi connectivity index (χ1v) is 13.9. The SMILES string of the molecule is O=P(OC(Br)(Br)CBr)(OC(Br)(Br)CBr)OC(Br)(Br)CBr. The van der Waals surface area contributed by atoms with Crippen LogP contribution in [0, 0.1) is 0 Å². The molecule has 0 rings (SSSR count). The van der Waals surface area contributed by atoms with E-state index in [1.165, 1.54) is 0 Å². The molecule has 0 saturated heterocycles. The van der Waals surface area contributed by atoms with Crippen molar-refractivity contribution in [3.8, 4) is 0 Å². The van der Waals surface area contributed by atoms with E-state index in [1.54, 1.807) is 0 Å². The Morgan fingerprint density at radius 3 is 1.00 bits per heavy atom. The van der Waals surface area contributed by atoms with E-state index < -0.39 is 18.1 Å². The van der Waals surface area contributed by atoms with E-state index in [2.05, 4.69) is 143 Å². The van der Waals surface area contributed by atoms with Gasteiger partial charge in [-0.25, -0.2) is 4.57 Å². The Kier molecular flexibility index (Phi) is 12.1. The maximum absolute atomic E-state index is 12.8. The summed E-state index contributed by atoms with van der Waals surface area (Å²) in [6, 6.07) is 0. The molecule has 0 fully saturated rings. The molecule has 0 unspecified atom stereocenters. The number of phosphoric ester groups is 1. The van der Waals surface area contributed by atoms with Gasteiger partial charge in [0.15, 0.2) is 10.3 Å². The smallest absolute Gasteiger partial charge is 0.257 e. The van der Waals surface area contributed by atoms with Crippen LogP contribution in [0.5, 0.6) is 0 Å². The largest absolute Gasteiger partial charge is 0.481 e. The first-order valence-electron chi connectivity index (χ1n) is 4.34. The molecule has 0 bridgehead atoms. The molecule has 0 aromatic rings. The Morgan fingerprint density at radius 2 is 0.850 bits per heavy atom. The van der Waals surface area contributed by atoms with Crippen LogP contribution < -0.4 is 0 Å². The summed E-state index contributed by atoms with van der Waals surface area (Å²) in [6.45, 7) is 0. The normalized spacial score (nSPS) is 14.7. The monoisotopic (exact) mass is 883 g/mol. The van der Waals surface area contributed by atoms with Crippen molar-refractivity contribution < 1.29 is 18.1 Å². The highest BCUT2D eigenvalue weighted by atomic mass is 79.9. The van der Waals surface area contributed by atoms with Crippen LogP contribution in [0.25, 0.3) is 0 Å². The number of halogens is 9. The van der Waals surface area contributed by atoms with E-state index in [4.69, 9.17) is 13.6 Å². The molecule has 20 heavy (non-hydrogen) atoms. The molecule has 14 heteroatoms. The average molecular weight is 892 g/mol. The summed E-state index contributed by atoms with van der Waals surface area (Å²) in [7, 11) is -4.00. The first-order chi connectivity index (χ1) is 8.80. The van der Waals surface area contributed by atoms with Crippen LogP contribution in [0.15, 0.2) is 0 Å². The molecule has 122 valence electrons. The summed E-state index contributed by atoms with van der Waals surface area (Å²) in [5, 5.41) is 0.859. The van der Waals surface area contributed by atoms with Crippen molar-refractivity contribution in [2.75, 3.05) is 16.0 Å². The van der Waals surface area contributed by atoms with Crippen molar-refractivity contribution in [1.82, 2.24) is 0 Å². The summed E-state index contributed by atoms with van der Waals surface area (Å²) in [5.74, 6) is 0. The molecule has 0 atom stereocenters. The molecule has 0 spiro atoms. The number of alkyl halides is 9. The first kappa shape index (κ1) is 24.4. The molecule has 0 N–H and O–H groups in total. The maximum Gasteiger partial charge on any atom is 0.481 e. The second-order valence-corrected chi connectivity index (χ2v) is 17.0. The molecular formula is C6H6Br9O4P. The molecule has 0 aromatic heterocycles. The van der Waals surface area contributed by atoms with Crippen molar-refractivity contribution in [1.29, 1.82) is 0 Å². The maximum atomic E-state index is 12.8. The second-order valence-electron chi connectivity index (χ2n) is 3.03. The Labute approximate surface area is 192 Å². The standard InChI is InChI=1S/C6H6Br9O4P/c7-1-4(10,11)17-20(16,18-5(12,13)2-8)19-6(14,15)3-9/h1-3H2. The molecule has 0 aliphatic heterocycles. The highest BCUT2D eigenvalue weighted by Crippen LogP contribution is 2.63. The van der Waals surface area contributed by atoms with E-state index in [0.29, 0.717) is 0 Å². The Morgan fingerprint density at radius 1 is 0.650 bits per heavy atom. The lowest BCUT2D eigenvalue weighted by Crippen LogP contribution is -2.27. The Bertz CT molecular complexity index is 310. The van der Waals surface area contributed by atoms with E-state index >= 15 is 0 Å². The van der Waals surface area contributed by atoms with Crippen LogP contribution >= 0.6 is 151 Å². The summed E-state index contributed by atoms with van der Waals surface area (Å²) in [4.78, 5) is 0. The molecular weight excluding hydrogens is 886 g/mol. The van der Waals surface area contributed by atoms with Crippen molar-refractivity contribution in [3.05, 3.63) is 0 Å². The third-order valence-corrected chi connectivity index (χ3v) is 13.8. The summed E-state index contributed by atoms with van der Waals surface area (Å²) in [5.41, 5.74) is 0. The van der Waals surface area contributed by atoms with Gasteiger partial charge in [-0.05, 0) is 95.6 Å². The van der Waals surface area contributed by atoms with Crippen LogP contribution in [0.1, 0.15) is 0 Å². The molecule has 0 saturated carbocycles. The Hall–Kier alpha value is 4.43. The van der Waals surface area contributed by atoms with Gasteiger partial charge in [-0.1, -0.05) is 47.8 Å². The zero-order valence-electron chi connectivity index (χ0n) is 9.10. The number of phosphoric acid groups is 1. The van der Waals surface area contributed by atoms with Gasteiger partial charge in [0.1, 0.15) is 0 Å². The minimum absolute atomic E-state index is 0.286. The van der Waals surface area contributed by atoms with Gasteiger partial charge < -0.3 is 0 Å². The third kappa shape index (κ3) is 10.4. The van der Waals surface area contributed by atoms with Crippen molar-refractivity contribution in [2.24, 2.45) is 0 Å². The van der Waals surface area contributed by atoms with Crippen molar-refractivity contribution in [3.63, 3.8) is 0 Å². The highest BCUT2D eigenvalue weighted by Gasteiger charge is 2.47. The van der Waals surface area contributed by atoms with E-state index in [1.807, 2.05) is 0 Å². The fourth-order valence-electron chi connectivity index (χ4n) is 0.620. The van der Waals surface area contributed by atoms with Gasteiger partial charge in [-0.2, -0.15) is 0 Å². The lowest BCUT2D eigenvalue weighted by Gasteiger charge is -2.32. The van der Waals surface area contributed by atoms with Gasteiger partial charge in [0.05, 0.1) is 16.0 Å². The topological polar surface area (TPSA) is 44.8 Å². The van der Waals surface area contributed by atoms with E-state index in [-0.39, 0.29) is 16.0 Å². The second kappa shape index (κ2) is 9.94. The van der Waals surface area contributed by atoms with Crippen molar-refractivity contribution in [2.45, 2.75) is 10.3 Å². The third-order valence-electron chi connectivity index (χ3n) is 1.20. The molecule has 0 aliphatic rings. The Balaban J connectivity index is 5.29. The van der Waals surface area contributed by atoms with Gasteiger partial charge in [-0.3, -0.25) is 13.6 Å². The summed E-state index contributed by atoms with van der Waals surface area (Å²) in [6.07, 6.45) is 0. The molecule has 0 radical (unpaired) electrons. The van der Waals surface area contributed by atoms with Gasteiger partial charge >= 0.3 is 7.82 Å². The summed E-state index contributed by atoms with van der Waals surface area (Å²) >= 11 is 28.8. The number of hydrogen-bond acceptors (Lipinski definition) is 4. The minimum Gasteiger partial charge on any atom is -0.257 e. The predicted octanol–water partition coefficient (Wildman–Crippen LogP) is 7.66. The summed E-state index contributed by atoms with van der Waals surface area (Å²) < 4.78 is 25.6. The van der Waals surface area contributed by atoms with Crippen LogP contribution in [-0.2, 0) is 18.1 Å². The quantitative estimate of drug-likeness (QED) is 0.176. The fourth-order valence-corrected chi connectivity index (χ4v) is 5.97. The van der Waals surface area contributed by atoms with Crippen molar-refractivity contribution >= 4 is 151 Å². The molecule has 0 aliphatic carbocycles. The van der Waals surface area contributed by atoms with Gasteiger partial charge in [0.2, 0.25) is 0 Å². The van der Waals surface area contributed by atoms with E-state index in [9.17, 15) is 4.57 Å². The molecule has 0 aromatic carbocycles. The average Bonchev–Trinajstić information content (AvgIpc) is 2.26. The lowest BCUT2D eigenvalue weighted by atomic mass is 10.9. The van der Waals surface area contributed by atoms with Crippen LogP contribution in [-0.4, -0.2) is 26.2 Å².